The maximum absolute atomic E-state index is 11.5. The van der Waals surface area contributed by atoms with Crippen molar-refractivity contribution in [3.8, 4) is 0 Å². The van der Waals surface area contributed by atoms with Crippen LogP contribution in [0.15, 0.2) is 0 Å². The van der Waals surface area contributed by atoms with Crippen LogP contribution in [0.1, 0.15) is 41.0 Å². The van der Waals surface area contributed by atoms with Crippen LogP contribution in [0.3, 0.4) is 0 Å². The molecule has 0 rings (SSSR count). The molecule has 0 aliphatic heterocycles. The fraction of sp³-hybridized carbons (Fsp3) is 0.727. The van der Waals surface area contributed by atoms with Crippen LogP contribution in [0.5, 0.6) is 0 Å². The summed E-state index contributed by atoms with van der Waals surface area (Å²) in [6.45, 7) is 8.11. The van der Waals surface area contributed by atoms with E-state index in [-0.39, 0.29) is 5.71 Å². The first-order valence-corrected chi connectivity index (χ1v) is 5.16. The molecule has 0 fully saturated rings. The molecule has 0 aliphatic rings. The predicted molar refractivity (Wildman–Crippen MR) is 59.4 cm³/mol. The molecule has 0 saturated heterocycles. The first-order chi connectivity index (χ1) is 7.17. The summed E-state index contributed by atoms with van der Waals surface area (Å²) in [6.07, 6.45) is -0.454. The van der Waals surface area contributed by atoms with Crippen LogP contribution in [0.2, 0.25) is 0 Å². The molecule has 0 aromatic carbocycles. The highest BCUT2D eigenvalue weighted by atomic mass is 16.6. The van der Waals surface area contributed by atoms with E-state index in [1.807, 2.05) is 0 Å². The van der Waals surface area contributed by atoms with E-state index in [9.17, 15) is 9.59 Å². The van der Waals surface area contributed by atoms with Crippen molar-refractivity contribution in [2.45, 2.75) is 52.7 Å². The molecule has 1 N–H and O–H groups in total. The van der Waals surface area contributed by atoms with E-state index in [2.05, 4.69) is 0 Å². The topological polar surface area (TPSA) is 76.5 Å². The minimum absolute atomic E-state index is 0.326. The second-order valence-corrected chi connectivity index (χ2v) is 4.42. The van der Waals surface area contributed by atoms with Gasteiger partial charge in [-0.25, -0.2) is 4.79 Å². The van der Waals surface area contributed by atoms with Crippen LogP contribution < -0.4 is 0 Å². The van der Waals surface area contributed by atoms with Crippen molar-refractivity contribution in [1.29, 1.82) is 5.41 Å². The third kappa shape index (κ3) is 5.48. The number of carbonyl (C=O) groups is 2. The van der Waals surface area contributed by atoms with E-state index in [1.165, 1.54) is 6.92 Å². The molecule has 0 bridgehead atoms. The predicted octanol–water partition coefficient (Wildman–Crippen LogP) is 1.69. The number of esters is 2. The Morgan fingerprint density at radius 3 is 2.12 bits per heavy atom. The Morgan fingerprint density at radius 1 is 1.31 bits per heavy atom. The summed E-state index contributed by atoms with van der Waals surface area (Å²) in [5.74, 6) is -1.26. The quantitative estimate of drug-likeness (QED) is 0.588. The van der Waals surface area contributed by atoms with Gasteiger partial charge in [0.25, 0.3) is 0 Å². The molecule has 5 nitrogen and oxygen atoms in total. The highest BCUT2D eigenvalue weighted by Crippen LogP contribution is 2.10. The molecule has 16 heavy (non-hydrogen) atoms. The summed E-state index contributed by atoms with van der Waals surface area (Å²) in [4.78, 5) is 22.3. The lowest BCUT2D eigenvalue weighted by atomic mass is 10.1. The van der Waals surface area contributed by atoms with Crippen LogP contribution in [-0.4, -0.2) is 29.4 Å². The van der Waals surface area contributed by atoms with E-state index in [1.54, 1.807) is 27.7 Å². The van der Waals surface area contributed by atoms with Gasteiger partial charge in [0.1, 0.15) is 5.60 Å². The van der Waals surface area contributed by atoms with Gasteiger partial charge in [0.2, 0.25) is 0 Å². The van der Waals surface area contributed by atoms with Gasteiger partial charge in [-0.3, -0.25) is 10.2 Å². The van der Waals surface area contributed by atoms with Gasteiger partial charge in [-0.1, -0.05) is 6.92 Å². The van der Waals surface area contributed by atoms with E-state index in [0.717, 1.165) is 0 Å². The maximum atomic E-state index is 11.5. The Balaban J connectivity index is 4.51. The fourth-order valence-electron chi connectivity index (χ4n) is 1.01. The smallest absolute Gasteiger partial charge is 0.356 e. The molecule has 0 radical (unpaired) electrons. The lowest BCUT2D eigenvalue weighted by molar-refractivity contribution is -0.148. The van der Waals surface area contributed by atoms with Crippen molar-refractivity contribution in [3.05, 3.63) is 0 Å². The molecule has 1 atom stereocenters. The zero-order valence-corrected chi connectivity index (χ0v) is 10.4. The highest BCUT2D eigenvalue weighted by Gasteiger charge is 2.27. The molecule has 92 valence electrons. The van der Waals surface area contributed by atoms with E-state index < -0.39 is 23.6 Å². The van der Waals surface area contributed by atoms with Gasteiger partial charge in [-0.2, -0.15) is 0 Å². The Bertz CT molecular complexity index is 291. The standard InChI is InChI=1S/C11H19NO4/c1-6-8(15-7(2)13)9(12)10(14)16-11(3,4)5/h8,12H,6H2,1-5H3/t8-/m0/s1. The monoisotopic (exact) mass is 229 g/mol. The van der Waals surface area contributed by atoms with Crippen LogP contribution in [0.25, 0.3) is 0 Å². The molecule has 0 heterocycles. The second kappa shape index (κ2) is 5.63. The van der Waals surface area contributed by atoms with Gasteiger partial charge in [0.15, 0.2) is 11.8 Å². The maximum Gasteiger partial charge on any atom is 0.356 e. The van der Waals surface area contributed by atoms with Crippen molar-refractivity contribution in [1.82, 2.24) is 0 Å². The number of ether oxygens (including phenoxy) is 2. The zero-order chi connectivity index (χ0) is 12.9. The SMILES string of the molecule is CC[C@H](OC(C)=O)C(=N)C(=O)OC(C)(C)C. The van der Waals surface area contributed by atoms with E-state index >= 15 is 0 Å². The van der Waals surface area contributed by atoms with Crippen LogP contribution in [-0.2, 0) is 19.1 Å². The Morgan fingerprint density at radius 2 is 1.81 bits per heavy atom. The summed E-state index contributed by atoms with van der Waals surface area (Å²) < 4.78 is 9.84. The zero-order valence-electron chi connectivity index (χ0n) is 10.4. The lowest BCUT2D eigenvalue weighted by Gasteiger charge is -2.22. The summed E-state index contributed by atoms with van der Waals surface area (Å²) in [7, 11) is 0. The van der Waals surface area contributed by atoms with Crippen LogP contribution in [0.4, 0.5) is 0 Å². The molecule has 0 unspecified atom stereocenters. The van der Waals surface area contributed by atoms with Crippen molar-refractivity contribution < 1.29 is 19.1 Å². The first kappa shape index (κ1) is 14.6. The minimum atomic E-state index is -0.827. The molecular formula is C11H19NO4. The van der Waals surface area contributed by atoms with Gasteiger partial charge in [0.05, 0.1) is 0 Å². The molecule has 0 spiro atoms. The Labute approximate surface area is 95.6 Å². The largest absolute Gasteiger partial charge is 0.456 e. The van der Waals surface area contributed by atoms with Crippen molar-refractivity contribution in [2.75, 3.05) is 0 Å². The molecule has 0 amide bonds. The summed E-state index contributed by atoms with van der Waals surface area (Å²) in [5, 5.41) is 7.57. The van der Waals surface area contributed by atoms with Crippen molar-refractivity contribution in [3.63, 3.8) is 0 Å². The molecule has 0 aromatic heterocycles. The average molecular weight is 229 g/mol. The van der Waals surface area contributed by atoms with E-state index in [4.69, 9.17) is 14.9 Å². The van der Waals surface area contributed by atoms with Gasteiger partial charge < -0.3 is 9.47 Å². The van der Waals surface area contributed by atoms with E-state index in [0.29, 0.717) is 6.42 Å². The van der Waals surface area contributed by atoms with Crippen LogP contribution >= 0.6 is 0 Å². The van der Waals surface area contributed by atoms with Crippen molar-refractivity contribution >= 4 is 17.7 Å². The number of hydrogen-bond acceptors (Lipinski definition) is 5. The molecular weight excluding hydrogens is 210 g/mol. The number of hydrogen-bond donors (Lipinski definition) is 1. The molecule has 0 saturated carbocycles. The van der Waals surface area contributed by atoms with Gasteiger partial charge in [-0.15, -0.1) is 0 Å². The lowest BCUT2D eigenvalue weighted by Crippen LogP contribution is -2.36. The summed E-state index contributed by atoms with van der Waals surface area (Å²) in [5.41, 5.74) is -0.981. The molecule has 0 aliphatic carbocycles. The Kier molecular flexibility index (Phi) is 5.14. The number of nitrogens with one attached hydrogen (secondary N) is 1. The summed E-state index contributed by atoms with van der Waals surface area (Å²) >= 11 is 0. The normalized spacial score (nSPS) is 12.8. The van der Waals surface area contributed by atoms with Crippen LogP contribution in [0, 0.1) is 5.41 Å². The van der Waals surface area contributed by atoms with Gasteiger partial charge in [0, 0.05) is 6.92 Å². The first-order valence-electron chi connectivity index (χ1n) is 5.16. The van der Waals surface area contributed by atoms with Gasteiger partial charge >= 0.3 is 11.9 Å². The summed E-state index contributed by atoms with van der Waals surface area (Å²) in [6, 6.07) is 0. The molecule has 0 aromatic rings. The number of carbonyl (C=O) groups excluding carboxylic acids is 2. The van der Waals surface area contributed by atoms with Crippen molar-refractivity contribution in [2.24, 2.45) is 0 Å². The van der Waals surface area contributed by atoms with Gasteiger partial charge in [-0.05, 0) is 27.2 Å². The average Bonchev–Trinajstić information content (AvgIpc) is 2.09. The third-order valence-electron chi connectivity index (χ3n) is 1.62. The Hall–Kier alpha value is -1.39. The third-order valence-corrected chi connectivity index (χ3v) is 1.62. The minimum Gasteiger partial charge on any atom is -0.456 e. The fourth-order valence-corrected chi connectivity index (χ4v) is 1.01. The molecule has 5 heteroatoms. The number of rotatable bonds is 4. The second-order valence-electron chi connectivity index (χ2n) is 4.42. The highest BCUT2D eigenvalue weighted by molar-refractivity contribution is 6.37.